The van der Waals surface area contributed by atoms with Crippen molar-refractivity contribution in [3.05, 3.63) is 34.2 Å². The Labute approximate surface area is 146 Å². The number of oxazole rings is 1. The Balaban J connectivity index is 1.84. The van der Waals surface area contributed by atoms with Gasteiger partial charge in [-0.05, 0) is 19.8 Å². The third kappa shape index (κ3) is 3.12. The summed E-state index contributed by atoms with van der Waals surface area (Å²) in [4.78, 5) is 31.0. The molecule has 3 heterocycles. The van der Waals surface area contributed by atoms with Gasteiger partial charge in [0.25, 0.3) is 5.91 Å². The second-order valence-electron chi connectivity index (χ2n) is 6.82. The molecule has 1 amide bonds. The lowest BCUT2D eigenvalue weighted by atomic mass is 9.96. The average molecular weight is 347 g/mol. The van der Waals surface area contributed by atoms with Gasteiger partial charge in [-0.1, -0.05) is 13.8 Å². The fourth-order valence-corrected chi connectivity index (χ4v) is 3.47. The standard InChI is InChI=1S/C17H25N5O3/c1-5-22-15(19-20(4)17(22)24)12-7-6-8-21(9-12)16(23)13-14(11(2)3)25-10-18-13/h10-12H,5-9H2,1-4H3. The zero-order valence-electron chi connectivity index (χ0n) is 15.2. The molecule has 8 heteroatoms. The van der Waals surface area contributed by atoms with E-state index in [1.54, 1.807) is 16.5 Å². The Morgan fingerprint density at radius 3 is 2.88 bits per heavy atom. The van der Waals surface area contributed by atoms with Gasteiger partial charge >= 0.3 is 5.69 Å². The summed E-state index contributed by atoms with van der Waals surface area (Å²) in [5.74, 6) is 1.43. The largest absolute Gasteiger partial charge is 0.447 e. The van der Waals surface area contributed by atoms with Gasteiger partial charge in [0.05, 0.1) is 0 Å². The number of likely N-dealkylation sites (tertiary alicyclic amines) is 1. The highest BCUT2D eigenvalue weighted by Crippen LogP contribution is 2.27. The van der Waals surface area contributed by atoms with Crippen molar-refractivity contribution in [2.75, 3.05) is 13.1 Å². The number of nitrogens with zero attached hydrogens (tertiary/aromatic N) is 5. The molecule has 1 atom stereocenters. The molecule has 3 rings (SSSR count). The summed E-state index contributed by atoms with van der Waals surface area (Å²) in [6.07, 6.45) is 3.12. The van der Waals surface area contributed by atoms with E-state index in [9.17, 15) is 9.59 Å². The zero-order chi connectivity index (χ0) is 18.1. The quantitative estimate of drug-likeness (QED) is 0.841. The molecule has 0 N–H and O–H groups in total. The molecule has 0 radical (unpaired) electrons. The van der Waals surface area contributed by atoms with Crippen LogP contribution in [-0.4, -0.2) is 43.2 Å². The molecule has 0 aromatic carbocycles. The second-order valence-corrected chi connectivity index (χ2v) is 6.82. The fraction of sp³-hybridized carbons (Fsp3) is 0.647. The molecule has 0 aliphatic carbocycles. The average Bonchev–Trinajstić information content (AvgIpc) is 3.20. The summed E-state index contributed by atoms with van der Waals surface area (Å²) in [6, 6.07) is 0. The number of rotatable bonds is 4. The van der Waals surface area contributed by atoms with E-state index in [0.717, 1.165) is 18.7 Å². The fourth-order valence-electron chi connectivity index (χ4n) is 3.47. The normalized spacial score (nSPS) is 18.1. The smallest absolute Gasteiger partial charge is 0.345 e. The molecule has 0 bridgehead atoms. The molecule has 2 aromatic heterocycles. The second kappa shape index (κ2) is 6.85. The number of amides is 1. The van der Waals surface area contributed by atoms with Crippen LogP contribution in [0, 0.1) is 0 Å². The molecule has 8 nitrogen and oxygen atoms in total. The van der Waals surface area contributed by atoms with Crippen LogP contribution in [0.3, 0.4) is 0 Å². The molecule has 0 spiro atoms. The number of aryl methyl sites for hydroxylation is 1. The Morgan fingerprint density at radius 2 is 2.20 bits per heavy atom. The molecular formula is C17H25N5O3. The third-order valence-corrected chi connectivity index (χ3v) is 4.75. The van der Waals surface area contributed by atoms with Crippen LogP contribution < -0.4 is 5.69 Å². The van der Waals surface area contributed by atoms with Crippen molar-refractivity contribution in [3.8, 4) is 0 Å². The van der Waals surface area contributed by atoms with E-state index >= 15 is 0 Å². The van der Waals surface area contributed by atoms with Crippen LogP contribution in [-0.2, 0) is 13.6 Å². The SMILES string of the molecule is CCn1c(C2CCCN(C(=O)c3ncoc3C(C)C)C2)nn(C)c1=O. The lowest BCUT2D eigenvalue weighted by Gasteiger charge is -2.32. The van der Waals surface area contributed by atoms with E-state index < -0.39 is 0 Å². The van der Waals surface area contributed by atoms with Crippen molar-refractivity contribution in [1.82, 2.24) is 24.2 Å². The predicted molar refractivity (Wildman–Crippen MR) is 91.6 cm³/mol. The first-order valence-corrected chi connectivity index (χ1v) is 8.80. The molecule has 25 heavy (non-hydrogen) atoms. The highest BCUT2D eigenvalue weighted by Gasteiger charge is 2.31. The summed E-state index contributed by atoms with van der Waals surface area (Å²) in [6.45, 7) is 7.69. The highest BCUT2D eigenvalue weighted by atomic mass is 16.3. The van der Waals surface area contributed by atoms with Crippen LogP contribution in [0.15, 0.2) is 15.6 Å². The first kappa shape index (κ1) is 17.4. The topological polar surface area (TPSA) is 86.2 Å². The molecule has 136 valence electrons. The maximum Gasteiger partial charge on any atom is 0.345 e. The molecule has 1 aliphatic heterocycles. The van der Waals surface area contributed by atoms with E-state index in [2.05, 4.69) is 10.1 Å². The van der Waals surface area contributed by atoms with E-state index in [1.807, 2.05) is 20.8 Å². The molecule has 1 fully saturated rings. The monoisotopic (exact) mass is 347 g/mol. The van der Waals surface area contributed by atoms with Gasteiger partial charge < -0.3 is 9.32 Å². The minimum absolute atomic E-state index is 0.0564. The maximum absolute atomic E-state index is 12.9. The Bertz CT molecular complexity index is 817. The van der Waals surface area contributed by atoms with Crippen LogP contribution in [0.2, 0.25) is 0 Å². The minimum Gasteiger partial charge on any atom is -0.447 e. The molecule has 2 aromatic rings. The summed E-state index contributed by atoms with van der Waals surface area (Å²) < 4.78 is 8.44. The number of aromatic nitrogens is 4. The first-order chi connectivity index (χ1) is 11.9. The number of piperidine rings is 1. The van der Waals surface area contributed by atoms with Crippen molar-refractivity contribution in [3.63, 3.8) is 0 Å². The lowest BCUT2D eigenvalue weighted by molar-refractivity contribution is 0.0695. The number of carbonyl (C=O) groups is 1. The summed E-state index contributed by atoms with van der Waals surface area (Å²) in [7, 11) is 1.66. The van der Waals surface area contributed by atoms with Crippen molar-refractivity contribution >= 4 is 5.91 Å². The van der Waals surface area contributed by atoms with Crippen molar-refractivity contribution in [2.24, 2.45) is 7.05 Å². The van der Waals surface area contributed by atoms with Gasteiger partial charge in [-0.3, -0.25) is 9.36 Å². The van der Waals surface area contributed by atoms with E-state index in [-0.39, 0.29) is 23.4 Å². The van der Waals surface area contributed by atoms with Crippen LogP contribution in [0.5, 0.6) is 0 Å². The van der Waals surface area contributed by atoms with Gasteiger partial charge in [0.1, 0.15) is 11.6 Å². The molecular weight excluding hydrogens is 322 g/mol. The molecule has 0 saturated carbocycles. The Hall–Kier alpha value is -2.38. The molecule has 1 aliphatic rings. The van der Waals surface area contributed by atoms with Crippen LogP contribution >= 0.6 is 0 Å². The summed E-state index contributed by atoms with van der Waals surface area (Å²) in [5.41, 5.74) is 0.282. The van der Waals surface area contributed by atoms with Crippen LogP contribution in [0.4, 0.5) is 0 Å². The van der Waals surface area contributed by atoms with E-state index in [0.29, 0.717) is 31.1 Å². The molecule has 1 unspecified atom stereocenters. The summed E-state index contributed by atoms with van der Waals surface area (Å²) in [5, 5.41) is 4.40. The van der Waals surface area contributed by atoms with Crippen LogP contribution in [0.25, 0.3) is 0 Å². The number of carbonyl (C=O) groups excluding carboxylic acids is 1. The van der Waals surface area contributed by atoms with Gasteiger partial charge in [0, 0.05) is 38.5 Å². The molecule has 1 saturated heterocycles. The predicted octanol–water partition coefficient (Wildman–Crippen LogP) is 1.73. The number of hydrogen-bond acceptors (Lipinski definition) is 5. The van der Waals surface area contributed by atoms with Crippen molar-refractivity contribution in [1.29, 1.82) is 0 Å². The summed E-state index contributed by atoms with van der Waals surface area (Å²) >= 11 is 0. The van der Waals surface area contributed by atoms with E-state index in [1.165, 1.54) is 11.1 Å². The van der Waals surface area contributed by atoms with Gasteiger partial charge in [0.2, 0.25) is 0 Å². The van der Waals surface area contributed by atoms with Gasteiger partial charge in [-0.15, -0.1) is 0 Å². The highest BCUT2D eigenvalue weighted by molar-refractivity contribution is 5.93. The first-order valence-electron chi connectivity index (χ1n) is 8.80. The van der Waals surface area contributed by atoms with Crippen molar-refractivity contribution in [2.45, 2.75) is 52.0 Å². The van der Waals surface area contributed by atoms with E-state index in [4.69, 9.17) is 4.42 Å². The minimum atomic E-state index is -0.112. The Kier molecular flexibility index (Phi) is 4.78. The Morgan fingerprint density at radius 1 is 1.44 bits per heavy atom. The van der Waals surface area contributed by atoms with Gasteiger partial charge in [0.15, 0.2) is 12.1 Å². The van der Waals surface area contributed by atoms with Gasteiger partial charge in [-0.25, -0.2) is 14.5 Å². The lowest BCUT2D eigenvalue weighted by Crippen LogP contribution is -2.40. The van der Waals surface area contributed by atoms with Gasteiger partial charge in [-0.2, -0.15) is 5.10 Å². The third-order valence-electron chi connectivity index (χ3n) is 4.75. The zero-order valence-corrected chi connectivity index (χ0v) is 15.2. The number of hydrogen-bond donors (Lipinski definition) is 0. The van der Waals surface area contributed by atoms with Crippen LogP contribution in [0.1, 0.15) is 67.5 Å². The maximum atomic E-state index is 12.9. The van der Waals surface area contributed by atoms with Crippen molar-refractivity contribution < 1.29 is 9.21 Å².